The summed E-state index contributed by atoms with van der Waals surface area (Å²) in [5, 5.41) is 2.88. The van der Waals surface area contributed by atoms with E-state index < -0.39 is 0 Å². The molecule has 8 nitrogen and oxygen atoms in total. The summed E-state index contributed by atoms with van der Waals surface area (Å²) in [5.41, 5.74) is 1.45. The van der Waals surface area contributed by atoms with Crippen molar-refractivity contribution in [3.63, 3.8) is 0 Å². The number of fused-ring (bicyclic) bond motifs is 1. The minimum absolute atomic E-state index is 0.0323. The Bertz CT molecular complexity index is 1100. The quantitative estimate of drug-likeness (QED) is 0.702. The lowest BCUT2D eigenvalue weighted by Gasteiger charge is -2.36. The van der Waals surface area contributed by atoms with Crippen molar-refractivity contribution in [2.45, 2.75) is 38.8 Å². The summed E-state index contributed by atoms with van der Waals surface area (Å²) in [5.74, 6) is 0.192. The Labute approximate surface area is 212 Å². The average molecular weight is 494 g/mol. The van der Waals surface area contributed by atoms with Gasteiger partial charge in [0, 0.05) is 56.4 Å². The van der Waals surface area contributed by atoms with Crippen LogP contribution in [0.5, 0.6) is 5.75 Å². The summed E-state index contributed by atoms with van der Waals surface area (Å²) in [4.78, 5) is 42.7. The largest absolute Gasteiger partial charge is 0.491 e. The number of hydrogen-bond donors (Lipinski definition) is 1. The van der Waals surface area contributed by atoms with Gasteiger partial charge in [0.2, 0.25) is 5.91 Å². The molecule has 3 amide bonds. The van der Waals surface area contributed by atoms with Crippen molar-refractivity contribution in [2.24, 2.45) is 11.8 Å². The molecule has 192 valence electrons. The second-order valence-corrected chi connectivity index (χ2v) is 9.89. The summed E-state index contributed by atoms with van der Waals surface area (Å²) in [7, 11) is 3.37. The Morgan fingerprint density at radius 3 is 2.44 bits per heavy atom. The second-order valence-electron chi connectivity index (χ2n) is 9.89. The number of nitrogens with one attached hydrogen (secondary N) is 1. The van der Waals surface area contributed by atoms with Gasteiger partial charge in [-0.3, -0.25) is 14.4 Å². The van der Waals surface area contributed by atoms with Gasteiger partial charge in [0.15, 0.2) is 0 Å². The molecule has 1 aliphatic heterocycles. The van der Waals surface area contributed by atoms with E-state index in [1.165, 1.54) is 0 Å². The van der Waals surface area contributed by atoms with Crippen LogP contribution in [0.3, 0.4) is 0 Å². The number of rotatable bonds is 4. The van der Waals surface area contributed by atoms with E-state index in [0.717, 1.165) is 12.8 Å². The first-order valence-electron chi connectivity index (χ1n) is 12.5. The molecule has 36 heavy (non-hydrogen) atoms. The van der Waals surface area contributed by atoms with Crippen LogP contribution in [-0.4, -0.2) is 73.5 Å². The molecule has 0 spiro atoms. The van der Waals surface area contributed by atoms with E-state index >= 15 is 0 Å². The van der Waals surface area contributed by atoms with Crippen LogP contribution in [-0.2, 0) is 9.53 Å². The lowest BCUT2D eigenvalue weighted by Crippen LogP contribution is -2.49. The maximum atomic E-state index is 13.4. The van der Waals surface area contributed by atoms with Crippen molar-refractivity contribution in [1.29, 1.82) is 0 Å². The average Bonchev–Trinajstić information content (AvgIpc) is 3.73. The van der Waals surface area contributed by atoms with E-state index in [1.807, 2.05) is 17.9 Å². The summed E-state index contributed by atoms with van der Waals surface area (Å²) >= 11 is 0. The topological polar surface area (TPSA) is 88.2 Å². The van der Waals surface area contributed by atoms with Crippen molar-refractivity contribution >= 4 is 23.4 Å². The molecule has 0 unspecified atom stereocenters. The summed E-state index contributed by atoms with van der Waals surface area (Å²) in [6.07, 6.45) is 1.62. The third-order valence-corrected chi connectivity index (χ3v) is 6.95. The molecule has 2 aliphatic rings. The Kier molecular flexibility index (Phi) is 7.94. The van der Waals surface area contributed by atoms with Crippen LogP contribution in [0.15, 0.2) is 48.5 Å². The number of carbonyl (C=O) groups excluding carboxylic acids is 3. The zero-order valence-electron chi connectivity index (χ0n) is 21.4. The first-order chi connectivity index (χ1) is 17.3. The van der Waals surface area contributed by atoms with Gasteiger partial charge in [0.25, 0.3) is 11.8 Å². The predicted octanol–water partition coefficient (Wildman–Crippen LogP) is 3.68. The number of methoxy groups -OCH3 is 1. The van der Waals surface area contributed by atoms with E-state index in [1.54, 1.807) is 61.5 Å². The standard InChI is InChI=1S/C28H35N3O5/c1-18-15-31(27(33)21-10-11-21)19(2)17-36-24-14-22(29-26(32)20-8-6-5-7-9-20)12-13-23(24)28(34)30(3)16-25(18)35-4/h5-9,12-14,18-19,21,25H,10-11,15-17H2,1-4H3,(H,29,32)/t18-,19+,25+/m1/s1. The van der Waals surface area contributed by atoms with Crippen LogP contribution >= 0.6 is 0 Å². The zero-order chi connectivity index (χ0) is 25.8. The molecule has 1 saturated carbocycles. The highest BCUT2D eigenvalue weighted by Gasteiger charge is 2.37. The molecule has 0 radical (unpaired) electrons. The zero-order valence-corrected chi connectivity index (χ0v) is 21.4. The van der Waals surface area contributed by atoms with Gasteiger partial charge in [0.1, 0.15) is 12.4 Å². The van der Waals surface area contributed by atoms with E-state index in [2.05, 4.69) is 12.2 Å². The SMILES string of the molecule is CO[C@H]1CN(C)C(=O)c2ccc(NC(=O)c3ccccc3)cc2OC[C@H](C)N(C(=O)C2CC2)C[C@H]1C. The molecule has 1 N–H and O–H groups in total. The number of benzene rings is 2. The fourth-order valence-electron chi connectivity index (χ4n) is 4.51. The fourth-order valence-corrected chi connectivity index (χ4v) is 4.51. The van der Waals surface area contributed by atoms with Crippen molar-refractivity contribution in [3.8, 4) is 5.75 Å². The van der Waals surface area contributed by atoms with Crippen LogP contribution in [0, 0.1) is 11.8 Å². The number of amides is 3. The number of nitrogens with zero attached hydrogens (tertiary/aromatic N) is 2. The van der Waals surface area contributed by atoms with Gasteiger partial charge in [-0.15, -0.1) is 0 Å². The predicted molar refractivity (Wildman–Crippen MR) is 137 cm³/mol. The molecule has 1 aliphatic carbocycles. The first-order valence-corrected chi connectivity index (χ1v) is 12.5. The van der Waals surface area contributed by atoms with Crippen molar-refractivity contribution < 1.29 is 23.9 Å². The monoisotopic (exact) mass is 493 g/mol. The van der Waals surface area contributed by atoms with E-state index in [0.29, 0.717) is 35.7 Å². The number of hydrogen-bond acceptors (Lipinski definition) is 5. The fraction of sp³-hybridized carbons (Fsp3) is 0.464. The summed E-state index contributed by atoms with van der Waals surface area (Å²) in [6.45, 7) is 5.15. The first kappa shape index (κ1) is 25.7. The van der Waals surface area contributed by atoms with Crippen LogP contribution in [0.1, 0.15) is 47.4 Å². The molecule has 0 bridgehead atoms. The highest BCUT2D eigenvalue weighted by atomic mass is 16.5. The van der Waals surface area contributed by atoms with Gasteiger partial charge < -0.3 is 24.6 Å². The molecule has 3 atom stereocenters. The number of likely N-dealkylation sites (N-methyl/N-ethyl adjacent to an activating group) is 1. The van der Waals surface area contributed by atoms with Crippen LogP contribution < -0.4 is 10.1 Å². The van der Waals surface area contributed by atoms with Gasteiger partial charge >= 0.3 is 0 Å². The van der Waals surface area contributed by atoms with E-state index in [4.69, 9.17) is 9.47 Å². The third kappa shape index (κ3) is 5.87. The normalized spacial score (nSPS) is 23.1. The van der Waals surface area contributed by atoms with Crippen LogP contribution in [0.4, 0.5) is 5.69 Å². The number of anilines is 1. The summed E-state index contributed by atoms with van der Waals surface area (Å²) < 4.78 is 11.9. The maximum absolute atomic E-state index is 13.4. The molecular formula is C28H35N3O5. The molecular weight excluding hydrogens is 458 g/mol. The van der Waals surface area contributed by atoms with Crippen molar-refractivity contribution in [2.75, 3.05) is 39.2 Å². The Hall–Kier alpha value is -3.39. The number of ether oxygens (including phenoxy) is 2. The van der Waals surface area contributed by atoms with Gasteiger partial charge in [-0.1, -0.05) is 25.1 Å². The minimum Gasteiger partial charge on any atom is -0.491 e. The highest BCUT2D eigenvalue weighted by molar-refractivity contribution is 6.05. The lowest BCUT2D eigenvalue weighted by molar-refractivity contribution is -0.136. The van der Waals surface area contributed by atoms with Gasteiger partial charge in [-0.05, 0) is 44.0 Å². The molecule has 1 heterocycles. The molecule has 0 aromatic heterocycles. The maximum Gasteiger partial charge on any atom is 0.257 e. The van der Waals surface area contributed by atoms with Gasteiger partial charge in [-0.25, -0.2) is 0 Å². The molecule has 0 saturated heterocycles. The van der Waals surface area contributed by atoms with E-state index in [9.17, 15) is 14.4 Å². The van der Waals surface area contributed by atoms with Crippen LogP contribution in [0.25, 0.3) is 0 Å². The Balaban J connectivity index is 1.63. The van der Waals surface area contributed by atoms with Gasteiger partial charge in [0.05, 0.1) is 17.7 Å². The lowest BCUT2D eigenvalue weighted by atomic mass is 10.0. The van der Waals surface area contributed by atoms with Crippen molar-refractivity contribution in [3.05, 3.63) is 59.7 Å². The third-order valence-electron chi connectivity index (χ3n) is 6.95. The molecule has 1 fully saturated rings. The van der Waals surface area contributed by atoms with E-state index in [-0.39, 0.29) is 48.3 Å². The number of carbonyl (C=O) groups is 3. The smallest absolute Gasteiger partial charge is 0.257 e. The molecule has 8 heteroatoms. The summed E-state index contributed by atoms with van der Waals surface area (Å²) in [6, 6.07) is 13.8. The molecule has 4 rings (SSSR count). The van der Waals surface area contributed by atoms with Gasteiger partial charge in [-0.2, -0.15) is 0 Å². The highest BCUT2D eigenvalue weighted by Crippen LogP contribution is 2.33. The molecule has 2 aromatic rings. The molecule has 2 aromatic carbocycles. The van der Waals surface area contributed by atoms with Crippen molar-refractivity contribution in [1.82, 2.24) is 9.80 Å². The second kappa shape index (κ2) is 11.1. The Morgan fingerprint density at radius 2 is 1.78 bits per heavy atom. The Morgan fingerprint density at radius 1 is 1.06 bits per heavy atom. The van der Waals surface area contributed by atoms with Crippen LogP contribution in [0.2, 0.25) is 0 Å². The minimum atomic E-state index is -0.251.